The molecule has 0 saturated heterocycles. The molecule has 9 heteroatoms. The minimum Gasteiger partial charge on any atom is -0.478 e. The van der Waals surface area contributed by atoms with E-state index in [1.807, 2.05) is 19.1 Å². The van der Waals surface area contributed by atoms with Gasteiger partial charge in [0, 0.05) is 35.4 Å². The van der Waals surface area contributed by atoms with E-state index in [-0.39, 0.29) is 17.0 Å². The number of pyridine rings is 1. The van der Waals surface area contributed by atoms with Crippen LogP contribution in [-0.2, 0) is 4.79 Å². The molecule has 3 aromatic rings. The Hall–Kier alpha value is -4.14. The zero-order chi connectivity index (χ0) is 19.8. The van der Waals surface area contributed by atoms with Crippen molar-refractivity contribution < 1.29 is 14.7 Å². The van der Waals surface area contributed by atoms with Gasteiger partial charge in [0.15, 0.2) is 0 Å². The highest BCUT2D eigenvalue weighted by Gasteiger charge is 2.26. The molecule has 0 spiro atoms. The molecular weight excluding hydrogens is 362 g/mol. The Bertz CT molecular complexity index is 1190. The quantitative estimate of drug-likeness (QED) is 0.515. The highest BCUT2D eigenvalue weighted by Crippen LogP contribution is 2.30. The van der Waals surface area contributed by atoms with Crippen molar-refractivity contribution in [1.82, 2.24) is 14.8 Å². The number of aryl methyl sites for hydroxylation is 1. The molecule has 0 fully saturated rings. The molecule has 0 saturated carbocycles. The van der Waals surface area contributed by atoms with Crippen LogP contribution in [0, 0.1) is 6.92 Å². The fraction of sp³-hybridized carbons (Fsp3) is 0.0526. The van der Waals surface area contributed by atoms with Gasteiger partial charge >= 0.3 is 5.97 Å². The first-order valence-electron chi connectivity index (χ1n) is 8.33. The number of nitrogens with zero attached hydrogens (tertiary/aromatic N) is 2. The summed E-state index contributed by atoms with van der Waals surface area (Å²) < 4.78 is 1.67. The van der Waals surface area contributed by atoms with Gasteiger partial charge in [-0.05, 0) is 37.3 Å². The molecular formula is C19H15N5O4. The lowest BCUT2D eigenvalue weighted by atomic mass is 10.1. The lowest BCUT2D eigenvalue weighted by Gasteiger charge is -2.07. The Balaban J connectivity index is 1.59. The molecule has 1 aliphatic rings. The van der Waals surface area contributed by atoms with Gasteiger partial charge in [-0.25, -0.2) is 9.78 Å². The first-order valence-corrected chi connectivity index (χ1v) is 8.33. The van der Waals surface area contributed by atoms with Crippen LogP contribution >= 0.6 is 0 Å². The van der Waals surface area contributed by atoms with Gasteiger partial charge in [-0.3, -0.25) is 19.4 Å². The number of carbonyl (C=O) groups excluding carboxylic acids is 1. The summed E-state index contributed by atoms with van der Waals surface area (Å²) in [6.07, 6.45) is 2.70. The number of hydrogen-bond acceptors (Lipinski definition) is 5. The smallest absolute Gasteiger partial charge is 0.337 e. The average Bonchev–Trinajstić information content (AvgIpc) is 3.17. The number of hydrogen-bond donors (Lipinski definition) is 4. The number of aromatic nitrogens is 3. The second-order valence-electron chi connectivity index (χ2n) is 6.23. The summed E-state index contributed by atoms with van der Waals surface area (Å²) >= 11 is 0. The summed E-state index contributed by atoms with van der Waals surface area (Å²) in [5.41, 5.74) is 2.83. The molecule has 0 atom stereocenters. The number of amides is 1. The largest absolute Gasteiger partial charge is 0.478 e. The molecule has 0 bridgehead atoms. The molecule has 0 radical (unpaired) electrons. The first kappa shape index (κ1) is 17.3. The highest BCUT2D eigenvalue weighted by molar-refractivity contribution is 6.31. The van der Waals surface area contributed by atoms with E-state index in [1.54, 1.807) is 16.8 Å². The Labute approximate surface area is 158 Å². The van der Waals surface area contributed by atoms with Gasteiger partial charge < -0.3 is 15.7 Å². The molecule has 28 heavy (non-hydrogen) atoms. The second kappa shape index (κ2) is 6.54. The first-order chi connectivity index (χ1) is 13.4. The van der Waals surface area contributed by atoms with Gasteiger partial charge in [0.05, 0.1) is 16.8 Å². The SMILES string of the molecule is Cc1cc(=O)[nH]n1-c1ccc(NC=C2C(=O)Nc3ncc(C(=O)O)cc32)cc1. The van der Waals surface area contributed by atoms with Crippen molar-refractivity contribution in [2.45, 2.75) is 6.92 Å². The number of aromatic carboxylic acids is 1. The minimum atomic E-state index is -1.11. The number of benzene rings is 1. The maximum absolute atomic E-state index is 12.2. The number of aromatic amines is 1. The Kier molecular flexibility index (Phi) is 4.04. The lowest BCUT2D eigenvalue weighted by molar-refractivity contribution is -0.110. The molecule has 4 N–H and O–H groups in total. The maximum atomic E-state index is 12.2. The number of H-pyrrole nitrogens is 1. The Morgan fingerprint density at radius 3 is 2.61 bits per heavy atom. The van der Waals surface area contributed by atoms with Crippen LogP contribution in [0.5, 0.6) is 0 Å². The predicted molar refractivity (Wildman–Crippen MR) is 103 cm³/mol. The van der Waals surface area contributed by atoms with E-state index in [2.05, 4.69) is 20.7 Å². The summed E-state index contributed by atoms with van der Waals surface area (Å²) in [6, 6.07) is 10.1. The monoisotopic (exact) mass is 377 g/mol. The number of rotatable bonds is 4. The molecule has 1 aliphatic heterocycles. The number of carboxylic acid groups (broad SMARTS) is 1. The van der Waals surface area contributed by atoms with Crippen LogP contribution in [0.15, 0.2) is 53.6 Å². The van der Waals surface area contributed by atoms with Gasteiger partial charge in [0.2, 0.25) is 0 Å². The standard InChI is InChI=1S/C19H15N5O4/c1-10-6-16(25)23-24(10)13-4-2-12(3-5-13)20-9-15-14-7-11(19(27)28)8-21-17(14)22-18(15)26/h2-9,20H,1H3,(H,23,25)(H,27,28)(H,21,22,26). The summed E-state index contributed by atoms with van der Waals surface area (Å²) in [6.45, 7) is 1.82. The highest BCUT2D eigenvalue weighted by atomic mass is 16.4. The van der Waals surface area contributed by atoms with Gasteiger partial charge in [-0.15, -0.1) is 0 Å². The van der Waals surface area contributed by atoms with Crippen LogP contribution < -0.4 is 16.2 Å². The van der Waals surface area contributed by atoms with Crippen LogP contribution in [0.4, 0.5) is 11.5 Å². The third kappa shape index (κ3) is 3.05. The van der Waals surface area contributed by atoms with Gasteiger partial charge in [-0.1, -0.05) is 0 Å². The molecule has 9 nitrogen and oxygen atoms in total. The summed E-state index contributed by atoms with van der Waals surface area (Å²) in [4.78, 5) is 38.7. The van der Waals surface area contributed by atoms with E-state index >= 15 is 0 Å². The minimum absolute atomic E-state index is 0.00147. The third-order valence-electron chi connectivity index (χ3n) is 4.32. The van der Waals surface area contributed by atoms with E-state index in [0.717, 1.165) is 11.4 Å². The Morgan fingerprint density at radius 1 is 1.21 bits per heavy atom. The van der Waals surface area contributed by atoms with Crippen LogP contribution in [0.25, 0.3) is 11.3 Å². The molecule has 0 aliphatic carbocycles. The number of carboxylic acids is 1. The summed E-state index contributed by atoms with van der Waals surface area (Å²) in [5, 5.41) is 17.4. The third-order valence-corrected chi connectivity index (χ3v) is 4.32. The summed E-state index contributed by atoms with van der Waals surface area (Å²) in [5.74, 6) is -1.16. The second-order valence-corrected chi connectivity index (χ2v) is 6.23. The van der Waals surface area contributed by atoms with Crippen LogP contribution in [0.3, 0.4) is 0 Å². The molecule has 2 aromatic heterocycles. The number of carbonyl (C=O) groups is 2. The molecule has 3 heterocycles. The molecule has 1 amide bonds. The van der Waals surface area contributed by atoms with Crippen LogP contribution in [0.2, 0.25) is 0 Å². The topological polar surface area (TPSA) is 129 Å². The fourth-order valence-corrected chi connectivity index (χ4v) is 2.94. The van der Waals surface area contributed by atoms with Crippen LogP contribution in [0.1, 0.15) is 21.6 Å². The molecule has 140 valence electrons. The van der Waals surface area contributed by atoms with Crippen molar-refractivity contribution in [2.24, 2.45) is 0 Å². The van der Waals surface area contributed by atoms with E-state index in [4.69, 9.17) is 5.11 Å². The van der Waals surface area contributed by atoms with Crippen molar-refractivity contribution >= 4 is 29.0 Å². The average molecular weight is 377 g/mol. The molecule has 0 unspecified atom stereocenters. The predicted octanol–water partition coefficient (Wildman–Crippen LogP) is 1.97. The number of fused-ring (bicyclic) bond motifs is 1. The zero-order valence-electron chi connectivity index (χ0n) is 14.7. The summed E-state index contributed by atoms with van der Waals surface area (Å²) in [7, 11) is 0. The van der Waals surface area contributed by atoms with Gasteiger partial charge in [-0.2, -0.15) is 0 Å². The van der Waals surface area contributed by atoms with Crippen molar-refractivity contribution in [3.63, 3.8) is 0 Å². The fourth-order valence-electron chi connectivity index (χ4n) is 2.94. The van der Waals surface area contributed by atoms with E-state index in [0.29, 0.717) is 22.6 Å². The number of anilines is 2. The van der Waals surface area contributed by atoms with Gasteiger partial charge in [0.1, 0.15) is 5.82 Å². The van der Waals surface area contributed by atoms with Crippen molar-refractivity contribution in [1.29, 1.82) is 0 Å². The molecule has 4 rings (SSSR count). The van der Waals surface area contributed by atoms with Crippen molar-refractivity contribution in [3.05, 3.63) is 76.0 Å². The van der Waals surface area contributed by atoms with E-state index in [9.17, 15) is 14.4 Å². The van der Waals surface area contributed by atoms with E-state index < -0.39 is 5.97 Å². The lowest BCUT2D eigenvalue weighted by Crippen LogP contribution is -2.06. The zero-order valence-corrected chi connectivity index (χ0v) is 14.7. The van der Waals surface area contributed by atoms with E-state index in [1.165, 1.54) is 24.5 Å². The Morgan fingerprint density at radius 2 is 1.96 bits per heavy atom. The van der Waals surface area contributed by atoms with Crippen LogP contribution in [-0.4, -0.2) is 31.7 Å². The van der Waals surface area contributed by atoms with Crippen molar-refractivity contribution in [3.8, 4) is 5.69 Å². The van der Waals surface area contributed by atoms with Crippen molar-refractivity contribution in [2.75, 3.05) is 10.6 Å². The maximum Gasteiger partial charge on any atom is 0.337 e. The normalized spacial score (nSPS) is 14.0. The number of nitrogens with one attached hydrogen (secondary N) is 3. The molecule has 1 aromatic carbocycles. The van der Waals surface area contributed by atoms with Gasteiger partial charge in [0.25, 0.3) is 11.5 Å².